The van der Waals surface area contributed by atoms with Crippen molar-refractivity contribution in [3.8, 4) is 28.6 Å². The zero-order valence-corrected chi connectivity index (χ0v) is 20.1. The number of hydrogen-bond acceptors (Lipinski definition) is 6. The monoisotopic (exact) mass is 499 g/mol. The first-order valence-corrected chi connectivity index (χ1v) is 12.4. The number of benzene rings is 3. The average Bonchev–Trinajstić information content (AvgIpc) is 3.22. The van der Waals surface area contributed by atoms with Crippen molar-refractivity contribution >= 4 is 36.6 Å². The third-order valence-corrected chi connectivity index (χ3v) is 6.38. The number of fused-ring (bicyclic) bond motifs is 1. The van der Waals surface area contributed by atoms with E-state index in [4.69, 9.17) is 30.5 Å². The number of rotatable bonds is 6. The van der Waals surface area contributed by atoms with Gasteiger partial charge in [-0.1, -0.05) is 29.8 Å². The van der Waals surface area contributed by atoms with E-state index < -0.39 is 8.25 Å². The van der Waals surface area contributed by atoms with E-state index in [0.29, 0.717) is 16.3 Å². The maximum Gasteiger partial charge on any atom is 0.365 e. The fraction of sp³-hybridized carbons (Fsp3) is 0.208. The predicted octanol–water partition coefficient (Wildman–Crippen LogP) is 5.58. The van der Waals surface area contributed by atoms with E-state index in [0.717, 1.165) is 54.2 Å². The summed E-state index contributed by atoms with van der Waals surface area (Å²) in [7, 11) is -3.11. The van der Waals surface area contributed by atoms with Crippen molar-refractivity contribution in [3.05, 3.63) is 65.2 Å². The SMILES string of the molecule is Cc1ccc(Oc2nc3cc(-c4ccc(N5CCOCC5)cc4)c(Cl)cc3[nH]2)cc1O[PH](=O)O. The van der Waals surface area contributed by atoms with Crippen molar-refractivity contribution in [2.75, 3.05) is 31.2 Å². The molecule has 1 aliphatic rings. The van der Waals surface area contributed by atoms with Gasteiger partial charge in [0.1, 0.15) is 11.5 Å². The second-order valence-electron chi connectivity index (χ2n) is 7.93. The molecule has 2 N–H and O–H groups in total. The molecular formula is C24H23ClN3O5P. The minimum absolute atomic E-state index is 0.275. The van der Waals surface area contributed by atoms with E-state index in [1.54, 1.807) is 25.1 Å². The fourth-order valence-electron chi connectivity index (χ4n) is 3.91. The number of aromatic nitrogens is 2. The fourth-order valence-corrected chi connectivity index (χ4v) is 4.59. The highest BCUT2D eigenvalue weighted by molar-refractivity contribution is 7.32. The van der Waals surface area contributed by atoms with Crippen molar-refractivity contribution in [3.63, 3.8) is 0 Å². The van der Waals surface area contributed by atoms with E-state index in [-0.39, 0.29) is 11.8 Å². The van der Waals surface area contributed by atoms with Crippen LogP contribution in [0.4, 0.5) is 5.69 Å². The molecule has 1 atom stereocenters. The Kier molecular flexibility index (Phi) is 6.48. The van der Waals surface area contributed by atoms with Crippen molar-refractivity contribution in [2.45, 2.75) is 6.92 Å². The molecule has 0 radical (unpaired) electrons. The molecule has 0 aliphatic carbocycles. The highest BCUT2D eigenvalue weighted by Crippen LogP contribution is 2.35. The molecule has 176 valence electrons. The summed E-state index contributed by atoms with van der Waals surface area (Å²) in [6.45, 7) is 5.03. The van der Waals surface area contributed by atoms with Gasteiger partial charge in [0, 0.05) is 30.4 Å². The topological polar surface area (TPSA) is 96.9 Å². The van der Waals surface area contributed by atoms with Crippen LogP contribution in [0.25, 0.3) is 22.2 Å². The highest BCUT2D eigenvalue weighted by Gasteiger charge is 2.14. The Balaban J connectivity index is 1.39. The van der Waals surface area contributed by atoms with E-state index in [2.05, 4.69) is 39.1 Å². The van der Waals surface area contributed by atoms with Gasteiger partial charge in [-0.2, -0.15) is 4.98 Å². The summed E-state index contributed by atoms with van der Waals surface area (Å²) in [5.41, 5.74) is 5.19. The molecule has 1 aromatic heterocycles. The zero-order valence-electron chi connectivity index (χ0n) is 18.4. The lowest BCUT2D eigenvalue weighted by molar-refractivity contribution is 0.122. The summed E-state index contributed by atoms with van der Waals surface area (Å²) >= 11 is 6.60. The molecule has 0 saturated carbocycles. The van der Waals surface area contributed by atoms with Crippen molar-refractivity contribution in [2.24, 2.45) is 0 Å². The molecule has 1 saturated heterocycles. The Hall–Kier alpha value is -3.03. The average molecular weight is 500 g/mol. The van der Waals surface area contributed by atoms with Gasteiger partial charge in [0.25, 0.3) is 6.01 Å². The molecular weight excluding hydrogens is 477 g/mol. The minimum Gasteiger partial charge on any atom is -0.426 e. The second kappa shape index (κ2) is 9.68. The molecule has 1 aliphatic heterocycles. The van der Waals surface area contributed by atoms with Crippen LogP contribution in [0.2, 0.25) is 5.02 Å². The molecule has 8 nitrogen and oxygen atoms in total. The predicted molar refractivity (Wildman–Crippen MR) is 133 cm³/mol. The van der Waals surface area contributed by atoms with Gasteiger partial charge in [-0.3, -0.25) is 0 Å². The zero-order chi connectivity index (χ0) is 23.7. The van der Waals surface area contributed by atoms with Crippen molar-refractivity contribution in [1.82, 2.24) is 9.97 Å². The van der Waals surface area contributed by atoms with Crippen LogP contribution < -0.4 is 14.2 Å². The molecule has 4 aromatic rings. The van der Waals surface area contributed by atoms with Crippen LogP contribution in [0.5, 0.6) is 17.5 Å². The van der Waals surface area contributed by atoms with Gasteiger partial charge in [0.2, 0.25) is 0 Å². The highest BCUT2D eigenvalue weighted by atomic mass is 35.5. The Morgan fingerprint density at radius 1 is 1.12 bits per heavy atom. The van der Waals surface area contributed by atoms with Crippen LogP contribution in [0.3, 0.4) is 0 Å². The number of hydrogen-bond donors (Lipinski definition) is 2. The van der Waals surface area contributed by atoms with E-state index >= 15 is 0 Å². The molecule has 0 bridgehead atoms. The van der Waals surface area contributed by atoms with Crippen LogP contribution in [0, 0.1) is 6.92 Å². The number of nitrogens with one attached hydrogen (secondary N) is 1. The number of nitrogens with zero attached hydrogens (tertiary/aromatic N) is 2. The molecule has 1 fully saturated rings. The molecule has 3 aromatic carbocycles. The van der Waals surface area contributed by atoms with Gasteiger partial charge in [-0.25, -0.2) is 4.57 Å². The first-order valence-electron chi connectivity index (χ1n) is 10.8. The third-order valence-electron chi connectivity index (χ3n) is 5.67. The summed E-state index contributed by atoms with van der Waals surface area (Å²) in [6.07, 6.45) is 0. The van der Waals surface area contributed by atoms with Crippen LogP contribution >= 0.6 is 19.9 Å². The van der Waals surface area contributed by atoms with E-state index in [1.807, 2.05) is 12.1 Å². The van der Waals surface area contributed by atoms with Crippen LogP contribution in [-0.4, -0.2) is 41.2 Å². The largest absolute Gasteiger partial charge is 0.426 e. The lowest BCUT2D eigenvalue weighted by Gasteiger charge is -2.29. The lowest BCUT2D eigenvalue weighted by Crippen LogP contribution is -2.36. The number of H-pyrrole nitrogens is 1. The van der Waals surface area contributed by atoms with E-state index in [9.17, 15) is 4.57 Å². The second-order valence-corrected chi connectivity index (χ2v) is 9.08. The Bertz CT molecular complexity index is 1350. The van der Waals surface area contributed by atoms with Crippen LogP contribution in [0.15, 0.2) is 54.6 Å². The number of morpholine rings is 1. The van der Waals surface area contributed by atoms with Gasteiger partial charge in [-0.15, -0.1) is 0 Å². The Morgan fingerprint density at radius 2 is 1.88 bits per heavy atom. The normalized spacial score (nSPS) is 14.9. The van der Waals surface area contributed by atoms with Gasteiger partial charge in [0.05, 0.1) is 29.3 Å². The van der Waals surface area contributed by atoms with Gasteiger partial charge < -0.3 is 28.8 Å². The van der Waals surface area contributed by atoms with Gasteiger partial charge >= 0.3 is 8.25 Å². The number of ether oxygens (including phenoxy) is 2. The number of aryl methyl sites for hydroxylation is 1. The quantitative estimate of drug-likeness (QED) is 0.334. The lowest BCUT2D eigenvalue weighted by atomic mass is 10.0. The van der Waals surface area contributed by atoms with Crippen molar-refractivity contribution in [1.29, 1.82) is 0 Å². The maximum absolute atomic E-state index is 11.1. The smallest absolute Gasteiger partial charge is 0.365 e. The van der Waals surface area contributed by atoms with Gasteiger partial charge in [0.15, 0.2) is 0 Å². The minimum atomic E-state index is -3.11. The number of aromatic amines is 1. The van der Waals surface area contributed by atoms with E-state index in [1.165, 1.54) is 0 Å². The number of anilines is 1. The summed E-state index contributed by atoms with van der Waals surface area (Å²) in [5.74, 6) is 0.707. The summed E-state index contributed by atoms with van der Waals surface area (Å²) in [6, 6.07) is 17.4. The summed E-state index contributed by atoms with van der Waals surface area (Å²) in [5, 5.41) is 0.598. The summed E-state index contributed by atoms with van der Waals surface area (Å²) in [4.78, 5) is 19.0. The molecule has 1 unspecified atom stereocenters. The first-order chi connectivity index (χ1) is 16.5. The molecule has 2 heterocycles. The summed E-state index contributed by atoms with van der Waals surface area (Å²) < 4.78 is 27.3. The first kappa shape index (κ1) is 22.7. The molecule has 0 amide bonds. The Morgan fingerprint density at radius 3 is 2.62 bits per heavy atom. The Labute approximate surface area is 202 Å². The standard InChI is InChI=1S/C24H23ClN3O5P/c1-15-2-7-18(12-23(15)33-34(29)30)32-24-26-21-13-19(20(25)14-22(21)27-24)16-3-5-17(6-4-16)28-8-10-31-11-9-28/h2-7,12-14,34H,8-11H2,1H3,(H,26,27)(H,29,30). The molecule has 5 rings (SSSR count). The molecule has 0 spiro atoms. The third kappa shape index (κ3) is 4.91. The maximum atomic E-state index is 11.1. The number of halogens is 1. The van der Waals surface area contributed by atoms with Crippen molar-refractivity contribution < 1.29 is 23.5 Å². The van der Waals surface area contributed by atoms with Gasteiger partial charge in [-0.05, 0) is 48.4 Å². The number of imidazole rings is 1. The molecule has 34 heavy (non-hydrogen) atoms. The van der Waals surface area contributed by atoms with Crippen LogP contribution in [0.1, 0.15) is 5.56 Å². The molecule has 10 heteroatoms. The van der Waals surface area contributed by atoms with Crippen LogP contribution in [-0.2, 0) is 9.30 Å².